The Hall–Kier alpha value is -2.44. The maximum Gasteiger partial charge on any atom is 0.254 e. The number of carbonyl (C=O) groups excluding carboxylic acids is 1. The molecule has 0 spiro atoms. The second-order valence-corrected chi connectivity index (χ2v) is 7.72. The van der Waals surface area contributed by atoms with Crippen LogP contribution in [0.5, 0.6) is 5.88 Å². The molecule has 4 rings (SSSR count). The van der Waals surface area contributed by atoms with Crippen molar-refractivity contribution in [2.75, 3.05) is 26.7 Å². The Bertz CT molecular complexity index is 790. The lowest BCUT2D eigenvalue weighted by Crippen LogP contribution is -2.46. The van der Waals surface area contributed by atoms with E-state index >= 15 is 0 Å². The van der Waals surface area contributed by atoms with Crippen molar-refractivity contribution in [1.82, 2.24) is 20.7 Å². The number of nitrogens with one attached hydrogen (secondary N) is 2. The van der Waals surface area contributed by atoms with Crippen molar-refractivity contribution in [1.29, 1.82) is 0 Å². The predicted octanol–water partition coefficient (Wildman–Crippen LogP) is 2.28. The molecule has 2 N–H and O–H groups in total. The molecule has 0 aliphatic carbocycles. The Kier molecular flexibility index (Phi) is 5.88. The number of carbonyl (C=O) groups is 1. The van der Waals surface area contributed by atoms with Gasteiger partial charge in [-0.1, -0.05) is 30.3 Å². The van der Waals surface area contributed by atoms with Crippen molar-refractivity contribution in [2.24, 2.45) is 11.8 Å². The smallest absolute Gasteiger partial charge is 0.254 e. The van der Waals surface area contributed by atoms with Gasteiger partial charge in [0.15, 0.2) is 0 Å². The molecule has 2 saturated heterocycles. The number of hydrogen-bond acceptors (Lipinski definition) is 5. The Morgan fingerprint density at radius 1 is 1.21 bits per heavy atom. The number of hydrogen-bond donors (Lipinski definition) is 2. The SMILES string of the molecule is COc1cc(C(=O)N2CCC(C3NNCC3Cc3ccccc3)CC2)ccn1. The van der Waals surface area contributed by atoms with Gasteiger partial charge in [0.1, 0.15) is 0 Å². The largest absolute Gasteiger partial charge is 0.481 e. The summed E-state index contributed by atoms with van der Waals surface area (Å²) in [5, 5.41) is 0. The summed E-state index contributed by atoms with van der Waals surface area (Å²) < 4.78 is 5.14. The van der Waals surface area contributed by atoms with Crippen molar-refractivity contribution in [2.45, 2.75) is 25.3 Å². The maximum atomic E-state index is 12.8. The molecule has 3 heterocycles. The molecule has 1 aromatic heterocycles. The quantitative estimate of drug-likeness (QED) is 0.833. The van der Waals surface area contributed by atoms with Gasteiger partial charge in [-0.3, -0.25) is 15.6 Å². The number of piperidine rings is 1. The maximum absolute atomic E-state index is 12.8. The number of likely N-dealkylation sites (tertiary alicyclic amines) is 1. The number of methoxy groups -OCH3 is 1. The molecule has 28 heavy (non-hydrogen) atoms. The monoisotopic (exact) mass is 380 g/mol. The second kappa shape index (κ2) is 8.71. The van der Waals surface area contributed by atoms with E-state index in [1.807, 2.05) is 4.90 Å². The van der Waals surface area contributed by atoms with E-state index in [1.54, 1.807) is 25.4 Å². The van der Waals surface area contributed by atoms with Crippen molar-refractivity contribution in [3.8, 4) is 5.88 Å². The minimum atomic E-state index is 0.0671. The van der Waals surface area contributed by atoms with Crippen molar-refractivity contribution in [3.05, 3.63) is 59.8 Å². The average Bonchev–Trinajstić information content (AvgIpc) is 3.22. The van der Waals surface area contributed by atoms with Crippen LogP contribution in [0.2, 0.25) is 0 Å². The third-order valence-electron chi connectivity index (χ3n) is 6.01. The minimum Gasteiger partial charge on any atom is -0.481 e. The van der Waals surface area contributed by atoms with Gasteiger partial charge in [-0.25, -0.2) is 4.98 Å². The van der Waals surface area contributed by atoms with Gasteiger partial charge in [0.25, 0.3) is 5.91 Å². The van der Waals surface area contributed by atoms with Crippen LogP contribution in [0.15, 0.2) is 48.7 Å². The number of rotatable bonds is 5. The number of pyridine rings is 1. The molecular formula is C22H28N4O2. The molecule has 1 amide bonds. The number of ether oxygens (including phenoxy) is 1. The highest BCUT2D eigenvalue weighted by atomic mass is 16.5. The van der Waals surface area contributed by atoms with Gasteiger partial charge >= 0.3 is 0 Å². The lowest BCUT2D eigenvalue weighted by Gasteiger charge is -2.36. The zero-order valence-corrected chi connectivity index (χ0v) is 16.3. The lowest BCUT2D eigenvalue weighted by atomic mass is 9.81. The molecule has 6 heteroatoms. The van der Waals surface area contributed by atoms with Crippen molar-refractivity contribution >= 4 is 5.91 Å². The van der Waals surface area contributed by atoms with Crippen LogP contribution in [-0.2, 0) is 6.42 Å². The van der Waals surface area contributed by atoms with Crippen LogP contribution in [0, 0.1) is 11.8 Å². The highest BCUT2D eigenvalue weighted by Crippen LogP contribution is 2.29. The van der Waals surface area contributed by atoms with Crippen LogP contribution < -0.4 is 15.6 Å². The van der Waals surface area contributed by atoms with E-state index in [9.17, 15) is 4.79 Å². The molecule has 2 atom stereocenters. The van der Waals surface area contributed by atoms with E-state index in [4.69, 9.17) is 4.74 Å². The summed E-state index contributed by atoms with van der Waals surface area (Å²) in [7, 11) is 1.57. The van der Waals surface area contributed by atoms with Gasteiger partial charge in [-0.2, -0.15) is 0 Å². The van der Waals surface area contributed by atoms with E-state index in [1.165, 1.54) is 5.56 Å². The zero-order chi connectivity index (χ0) is 19.3. The van der Waals surface area contributed by atoms with Crippen LogP contribution in [0.1, 0.15) is 28.8 Å². The number of benzene rings is 1. The molecule has 2 aromatic rings. The molecule has 1 aromatic carbocycles. The number of amides is 1. The van der Waals surface area contributed by atoms with Gasteiger partial charge in [0.2, 0.25) is 5.88 Å². The first-order valence-corrected chi connectivity index (χ1v) is 10.1. The summed E-state index contributed by atoms with van der Waals surface area (Å²) in [4.78, 5) is 18.9. The first kappa shape index (κ1) is 18.9. The van der Waals surface area contributed by atoms with Crippen LogP contribution in [0.25, 0.3) is 0 Å². The summed E-state index contributed by atoms with van der Waals surface area (Å²) in [6.07, 6.45) is 4.76. The van der Waals surface area contributed by atoms with E-state index < -0.39 is 0 Å². The summed E-state index contributed by atoms with van der Waals surface area (Å²) in [6.45, 7) is 2.59. The fourth-order valence-electron chi connectivity index (χ4n) is 4.47. The Balaban J connectivity index is 1.35. The molecule has 0 radical (unpaired) electrons. The van der Waals surface area contributed by atoms with Gasteiger partial charge in [-0.15, -0.1) is 0 Å². The van der Waals surface area contributed by atoms with E-state index in [0.29, 0.717) is 29.3 Å². The third-order valence-corrected chi connectivity index (χ3v) is 6.01. The zero-order valence-electron chi connectivity index (χ0n) is 16.3. The number of nitrogens with zero attached hydrogens (tertiary/aromatic N) is 2. The molecule has 0 bridgehead atoms. The first-order valence-electron chi connectivity index (χ1n) is 10.1. The van der Waals surface area contributed by atoms with Crippen LogP contribution in [0.4, 0.5) is 0 Å². The highest BCUT2D eigenvalue weighted by molar-refractivity contribution is 5.94. The van der Waals surface area contributed by atoms with E-state index in [-0.39, 0.29) is 5.91 Å². The van der Waals surface area contributed by atoms with Crippen LogP contribution in [0.3, 0.4) is 0 Å². The Morgan fingerprint density at radius 3 is 2.75 bits per heavy atom. The molecule has 0 saturated carbocycles. The summed E-state index contributed by atoms with van der Waals surface area (Å²) in [5.74, 6) is 1.71. The fraction of sp³-hybridized carbons (Fsp3) is 0.455. The lowest BCUT2D eigenvalue weighted by molar-refractivity contribution is 0.0663. The normalized spacial score (nSPS) is 23.0. The Labute approximate surface area is 166 Å². The van der Waals surface area contributed by atoms with Gasteiger partial charge < -0.3 is 9.64 Å². The van der Waals surface area contributed by atoms with E-state index in [0.717, 1.165) is 38.9 Å². The van der Waals surface area contributed by atoms with Gasteiger partial charge in [-0.05, 0) is 42.7 Å². The number of aromatic nitrogens is 1. The molecule has 2 aliphatic heterocycles. The standard InChI is InChI=1S/C22H28N4O2/c1-28-20-14-18(7-10-23-20)22(27)26-11-8-17(9-12-26)21-19(15-24-25-21)13-16-5-3-2-4-6-16/h2-7,10,14,17,19,21,24-25H,8-9,11-13,15H2,1H3. The van der Waals surface area contributed by atoms with Gasteiger partial charge in [0.05, 0.1) is 7.11 Å². The molecular weight excluding hydrogens is 352 g/mol. The topological polar surface area (TPSA) is 66.5 Å². The van der Waals surface area contributed by atoms with Crippen LogP contribution in [-0.4, -0.2) is 48.6 Å². The molecule has 2 unspecified atom stereocenters. The van der Waals surface area contributed by atoms with Gasteiger partial charge in [0, 0.05) is 43.5 Å². The molecule has 6 nitrogen and oxygen atoms in total. The fourth-order valence-corrected chi connectivity index (χ4v) is 4.47. The number of hydrazine groups is 1. The van der Waals surface area contributed by atoms with Crippen molar-refractivity contribution < 1.29 is 9.53 Å². The average molecular weight is 380 g/mol. The van der Waals surface area contributed by atoms with Crippen LogP contribution >= 0.6 is 0 Å². The minimum absolute atomic E-state index is 0.0671. The summed E-state index contributed by atoms with van der Waals surface area (Å²) in [5.41, 5.74) is 8.91. The summed E-state index contributed by atoms with van der Waals surface area (Å²) >= 11 is 0. The molecule has 148 valence electrons. The summed E-state index contributed by atoms with van der Waals surface area (Å²) in [6, 6.07) is 14.6. The van der Waals surface area contributed by atoms with E-state index in [2.05, 4.69) is 46.2 Å². The highest BCUT2D eigenvalue weighted by Gasteiger charge is 2.36. The van der Waals surface area contributed by atoms with Crippen molar-refractivity contribution in [3.63, 3.8) is 0 Å². The molecule has 2 aliphatic rings. The third kappa shape index (κ3) is 4.18. The first-order chi connectivity index (χ1) is 13.7. The second-order valence-electron chi connectivity index (χ2n) is 7.72. The molecule has 2 fully saturated rings. The predicted molar refractivity (Wildman–Crippen MR) is 108 cm³/mol. The Morgan fingerprint density at radius 2 is 2.00 bits per heavy atom.